The molecule has 0 saturated carbocycles. The first kappa shape index (κ1) is 13.1. The number of nitrogens with zero attached hydrogens (tertiary/aromatic N) is 2. The molecule has 0 aliphatic carbocycles. The number of rotatable bonds is 6. The van der Waals surface area contributed by atoms with Crippen molar-refractivity contribution < 1.29 is 13.5 Å². The Bertz CT molecular complexity index is 405. The minimum absolute atomic E-state index is 0.0227. The van der Waals surface area contributed by atoms with Crippen molar-refractivity contribution >= 4 is 10.0 Å². The van der Waals surface area contributed by atoms with Gasteiger partial charge >= 0.3 is 0 Å². The summed E-state index contributed by atoms with van der Waals surface area (Å²) in [6.45, 7) is 0.221. The molecule has 0 saturated heterocycles. The summed E-state index contributed by atoms with van der Waals surface area (Å²) >= 11 is 0. The molecule has 5 nitrogen and oxygen atoms in total. The molecule has 90 valence electrons. The minimum atomic E-state index is -3.27. The molecule has 6 heteroatoms. The summed E-state index contributed by atoms with van der Waals surface area (Å²) in [5.41, 5.74) is 0.894. The predicted octanol–water partition coefficient (Wildman–Crippen LogP) is 0.226. The highest BCUT2D eigenvalue weighted by molar-refractivity contribution is 7.89. The predicted molar refractivity (Wildman–Crippen MR) is 61.2 cm³/mol. The number of hydrogen-bond acceptors (Lipinski definition) is 4. The molecule has 1 rings (SSSR count). The van der Waals surface area contributed by atoms with Crippen LogP contribution in [0, 0.1) is 0 Å². The van der Waals surface area contributed by atoms with Gasteiger partial charge in [-0.25, -0.2) is 12.7 Å². The number of aliphatic hydroxyl groups excluding tert-OH is 1. The highest BCUT2D eigenvalue weighted by atomic mass is 32.2. The van der Waals surface area contributed by atoms with Crippen molar-refractivity contribution in [3.8, 4) is 0 Å². The van der Waals surface area contributed by atoms with Gasteiger partial charge in [0.2, 0.25) is 10.0 Å². The molecule has 0 aromatic carbocycles. The number of hydrogen-bond donors (Lipinski definition) is 1. The molecule has 0 aliphatic rings. The van der Waals surface area contributed by atoms with Crippen molar-refractivity contribution in [2.75, 3.05) is 19.4 Å². The first-order chi connectivity index (χ1) is 7.56. The van der Waals surface area contributed by atoms with Gasteiger partial charge in [0.1, 0.15) is 0 Å². The van der Waals surface area contributed by atoms with Crippen LogP contribution in [-0.4, -0.2) is 42.2 Å². The average molecular weight is 244 g/mol. The monoisotopic (exact) mass is 244 g/mol. The maximum Gasteiger partial charge on any atom is 0.214 e. The third kappa shape index (κ3) is 3.88. The standard InChI is InChI=1S/C10H16N2O3S/c1-12(16(14,15)8-2-7-13)9-10-3-5-11-6-4-10/h3-6,13H,2,7-9H2,1H3. The van der Waals surface area contributed by atoms with Crippen molar-refractivity contribution in [1.82, 2.24) is 9.29 Å². The molecule has 0 spiro atoms. The topological polar surface area (TPSA) is 70.5 Å². The second-order valence-corrected chi connectivity index (χ2v) is 5.70. The summed E-state index contributed by atoms with van der Waals surface area (Å²) < 4.78 is 24.7. The van der Waals surface area contributed by atoms with E-state index in [-0.39, 0.29) is 18.8 Å². The summed E-state index contributed by atoms with van der Waals surface area (Å²) in [4.78, 5) is 3.86. The molecule has 0 bridgehead atoms. The average Bonchev–Trinajstić information content (AvgIpc) is 2.28. The van der Waals surface area contributed by atoms with Crippen molar-refractivity contribution in [3.05, 3.63) is 30.1 Å². The van der Waals surface area contributed by atoms with Gasteiger partial charge in [0.05, 0.1) is 5.75 Å². The normalized spacial score (nSPS) is 11.9. The summed E-state index contributed by atoms with van der Waals surface area (Å²) in [5, 5.41) is 8.61. The van der Waals surface area contributed by atoms with Crippen molar-refractivity contribution in [2.24, 2.45) is 0 Å². The lowest BCUT2D eigenvalue weighted by atomic mass is 10.3. The lowest BCUT2D eigenvalue weighted by Crippen LogP contribution is -2.29. The zero-order valence-electron chi connectivity index (χ0n) is 9.20. The van der Waals surface area contributed by atoms with Gasteiger partial charge in [-0.1, -0.05) is 0 Å². The fraction of sp³-hybridized carbons (Fsp3) is 0.500. The molecule has 0 atom stereocenters. The van der Waals surface area contributed by atoms with E-state index in [0.29, 0.717) is 6.54 Å². The maximum absolute atomic E-state index is 11.7. The van der Waals surface area contributed by atoms with E-state index >= 15 is 0 Å². The molecule has 0 radical (unpaired) electrons. The van der Waals surface area contributed by atoms with Gasteiger partial charge in [-0.05, 0) is 24.1 Å². The summed E-state index contributed by atoms with van der Waals surface area (Å²) in [6, 6.07) is 3.55. The summed E-state index contributed by atoms with van der Waals surface area (Å²) in [5.74, 6) is -0.0227. The molecular weight excluding hydrogens is 228 g/mol. The van der Waals surface area contributed by atoms with Crippen LogP contribution in [-0.2, 0) is 16.6 Å². The van der Waals surface area contributed by atoms with E-state index < -0.39 is 10.0 Å². The first-order valence-electron chi connectivity index (χ1n) is 5.00. The Morgan fingerprint density at radius 2 is 2.00 bits per heavy atom. The van der Waals surface area contributed by atoms with Crippen molar-refractivity contribution in [2.45, 2.75) is 13.0 Å². The van der Waals surface area contributed by atoms with Crippen LogP contribution in [0.1, 0.15) is 12.0 Å². The number of aromatic nitrogens is 1. The van der Waals surface area contributed by atoms with Gasteiger partial charge in [0, 0.05) is 32.6 Å². The fourth-order valence-electron chi connectivity index (χ4n) is 1.25. The Morgan fingerprint density at radius 3 is 2.56 bits per heavy atom. The highest BCUT2D eigenvalue weighted by Gasteiger charge is 2.17. The van der Waals surface area contributed by atoms with Gasteiger partial charge in [-0.2, -0.15) is 0 Å². The van der Waals surface area contributed by atoms with Gasteiger partial charge in [-0.3, -0.25) is 4.98 Å². The Balaban J connectivity index is 2.61. The largest absolute Gasteiger partial charge is 0.396 e. The van der Waals surface area contributed by atoms with E-state index in [0.717, 1.165) is 5.56 Å². The van der Waals surface area contributed by atoms with E-state index in [1.165, 1.54) is 11.4 Å². The van der Waals surface area contributed by atoms with Gasteiger partial charge < -0.3 is 5.11 Å². The first-order valence-corrected chi connectivity index (χ1v) is 6.61. The molecule has 1 N–H and O–H groups in total. The zero-order valence-corrected chi connectivity index (χ0v) is 10.0. The Hall–Kier alpha value is -0.980. The molecule has 1 heterocycles. The van der Waals surface area contributed by atoms with Crippen LogP contribution in [0.2, 0.25) is 0 Å². The molecule has 0 unspecified atom stereocenters. The maximum atomic E-state index is 11.7. The minimum Gasteiger partial charge on any atom is -0.396 e. The van der Waals surface area contributed by atoms with Crippen LogP contribution in [0.3, 0.4) is 0 Å². The quantitative estimate of drug-likeness (QED) is 0.777. The second kappa shape index (κ2) is 5.93. The molecule has 1 aromatic heterocycles. The lowest BCUT2D eigenvalue weighted by Gasteiger charge is -2.16. The van der Waals surface area contributed by atoms with Gasteiger partial charge in [0.15, 0.2) is 0 Å². The Kier molecular flexibility index (Phi) is 4.85. The van der Waals surface area contributed by atoms with Gasteiger partial charge in [-0.15, -0.1) is 0 Å². The van der Waals surface area contributed by atoms with Crippen LogP contribution in [0.5, 0.6) is 0 Å². The zero-order chi connectivity index (χ0) is 12.0. The Labute approximate surface area is 95.8 Å². The van der Waals surface area contributed by atoms with Crippen molar-refractivity contribution in [1.29, 1.82) is 0 Å². The van der Waals surface area contributed by atoms with Gasteiger partial charge in [0.25, 0.3) is 0 Å². The van der Waals surface area contributed by atoms with Crippen molar-refractivity contribution in [3.63, 3.8) is 0 Å². The molecule has 0 aliphatic heterocycles. The van der Waals surface area contributed by atoms with Crippen LogP contribution < -0.4 is 0 Å². The summed E-state index contributed by atoms with van der Waals surface area (Å²) in [7, 11) is -1.73. The van der Waals surface area contributed by atoms with E-state index in [9.17, 15) is 8.42 Å². The van der Waals surface area contributed by atoms with Crippen LogP contribution >= 0.6 is 0 Å². The number of pyridine rings is 1. The molecule has 0 fully saturated rings. The number of aliphatic hydroxyl groups is 1. The molecule has 1 aromatic rings. The fourth-order valence-corrected chi connectivity index (χ4v) is 2.40. The number of sulfonamides is 1. The molecular formula is C10H16N2O3S. The highest BCUT2D eigenvalue weighted by Crippen LogP contribution is 2.07. The second-order valence-electron chi connectivity index (χ2n) is 3.50. The Morgan fingerprint density at radius 1 is 1.38 bits per heavy atom. The summed E-state index contributed by atoms with van der Waals surface area (Å²) in [6.07, 6.45) is 3.52. The molecule has 0 amide bonds. The SMILES string of the molecule is CN(Cc1ccncc1)S(=O)(=O)CCCO. The third-order valence-electron chi connectivity index (χ3n) is 2.19. The third-order valence-corrected chi connectivity index (χ3v) is 4.07. The lowest BCUT2D eigenvalue weighted by molar-refractivity contribution is 0.294. The van der Waals surface area contributed by atoms with Crippen LogP contribution in [0.15, 0.2) is 24.5 Å². The van der Waals surface area contributed by atoms with E-state index in [4.69, 9.17) is 5.11 Å². The molecule has 16 heavy (non-hydrogen) atoms. The van der Waals surface area contributed by atoms with Crippen LogP contribution in [0.4, 0.5) is 0 Å². The smallest absolute Gasteiger partial charge is 0.214 e. The van der Waals surface area contributed by atoms with Crippen LogP contribution in [0.25, 0.3) is 0 Å². The van der Waals surface area contributed by atoms with E-state index in [1.807, 2.05) is 0 Å². The van der Waals surface area contributed by atoms with E-state index in [2.05, 4.69) is 4.98 Å². The van der Waals surface area contributed by atoms with E-state index in [1.54, 1.807) is 24.5 Å².